The van der Waals surface area contributed by atoms with Crippen molar-refractivity contribution in [1.82, 2.24) is 10.9 Å². The van der Waals surface area contributed by atoms with E-state index in [0.29, 0.717) is 16.1 Å². The lowest BCUT2D eigenvalue weighted by Gasteiger charge is -2.11. The Bertz CT molecular complexity index is 982. The van der Waals surface area contributed by atoms with E-state index in [4.69, 9.17) is 23.3 Å². The molecule has 0 fully saturated rings. The molecule has 7 heteroatoms. The molecule has 146 valence electrons. The van der Waals surface area contributed by atoms with Crippen molar-refractivity contribution >= 4 is 35.1 Å². The summed E-state index contributed by atoms with van der Waals surface area (Å²) in [4.78, 5) is 23.4. The van der Waals surface area contributed by atoms with Gasteiger partial charge in [0, 0.05) is 16.1 Å². The van der Waals surface area contributed by atoms with Gasteiger partial charge in [-0.1, -0.05) is 48.0 Å². The molecule has 3 aromatic rings. The molecule has 6 nitrogen and oxygen atoms in total. The van der Waals surface area contributed by atoms with Gasteiger partial charge in [-0.15, -0.1) is 0 Å². The second-order valence-corrected chi connectivity index (χ2v) is 6.65. The van der Waals surface area contributed by atoms with Crippen molar-refractivity contribution in [2.75, 3.05) is 0 Å². The molecule has 0 heterocycles. The fourth-order valence-electron chi connectivity index (χ4n) is 2.83. The molecule has 0 radical (unpaired) electrons. The first-order valence-electron chi connectivity index (χ1n) is 8.72. The summed E-state index contributed by atoms with van der Waals surface area (Å²) in [5, 5.41) is 0.651. The van der Waals surface area contributed by atoms with Gasteiger partial charge in [0.25, 0.3) is 11.8 Å². The van der Waals surface area contributed by atoms with Crippen LogP contribution in [0.3, 0.4) is 0 Å². The fourth-order valence-corrected chi connectivity index (χ4v) is 2.95. The van der Waals surface area contributed by atoms with E-state index in [2.05, 4.69) is 10.9 Å². The SMILES string of the molecule is NNC(=O)c1ccc(C(=Cc2ccc(Cl)cc2)c2ccc(C(=O)NN)cc2)cc1. The quantitative estimate of drug-likeness (QED) is 0.226. The van der Waals surface area contributed by atoms with Crippen molar-refractivity contribution in [2.24, 2.45) is 11.7 Å². The molecule has 0 saturated carbocycles. The van der Waals surface area contributed by atoms with Crippen LogP contribution in [0.2, 0.25) is 5.02 Å². The molecule has 6 N–H and O–H groups in total. The standard InChI is InChI=1S/C22H19ClN4O2/c23-19-11-1-14(2-12-19)13-20(15-3-7-17(8-4-15)21(28)26-24)16-5-9-18(10-6-16)22(29)27-25/h1-13H,24-25H2,(H,26,28)(H,27,29). The Morgan fingerprint density at radius 2 is 1.03 bits per heavy atom. The van der Waals surface area contributed by atoms with Gasteiger partial charge in [-0.2, -0.15) is 0 Å². The van der Waals surface area contributed by atoms with E-state index < -0.39 is 0 Å². The third-order valence-corrected chi connectivity index (χ3v) is 4.61. The molecular weight excluding hydrogens is 388 g/mol. The Balaban J connectivity index is 2.05. The van der Waals surface area contributed by atoms with Crippen LogP contribution in [-0.2, 0) is 0 Å². The molecule has 0 aliphatic carbocycles. The van der Waals surface area contributed by atoms with E-state index in [1.54, 1.807) is 24.3 Å². The number of carbonyl (C=O) groups is 2. The molecular formula is C22H19ClN4O2. The van der Waals surface area contributed by atoms with Crippen LogP contribution in [-0.4, -0.2) is 11.8 Å². The number of hydrogen-bond acceptors (Lipinski definition) is 4. The lowest BCUT2D eigenvalue weighted by molar-refractivity contribution is 0.0945. The predicted molar refractivity (Wildman–Crippen MR) is 115 cm³/mol. The summed E-state index contributed by atoms with van der Waals surface area (Å²) in [5.74, 6) is 9.66. The largest absolute Gasteiger partial charge is 0.290 e. The summed E-state index contributed by atoms with van der Waals surface area (Å²) in [6.45, 7) is 0. The van der Waals surface area contributed by atoms with Gasteiger partial charge in [0.15, 0.2) is 0 Å². The molecule has 0 aliphatic rings. The zero-order chi connectivity index (χ0) is 20.8. The fraction of sp³-hybridized carbons (Fsp3) is 0. The van der Waals surface area contributed by atoms with Crippen LogP contribution in [0.1, 0.15) is 37.4 Å². The number of nitrogens with one attached hydrogen (secondary N) is 2. The van der Waals surface area contributed by atoms with Crippen LogP contribution in [0.5, 0.6) is 0 Å². The molecule has 2 amide bonds. The summed E-state index contributed by atoms with van der Waals surface area (Å²) in [6, 6.07) is 21.6. The van der Waals surface area contributed by atoms with Gasteiger partial charge in [-0.05, 0) is 64.7 Å². The van der Waals surface area contributed by atoms with Crippen LogP contribution in [0.4, 0.5) is 0 Å². The molecule has 0 saturated heterocycles. The number of hydrazine groups is 2. The zero-order valence-corrected chi connectivity index (χ0v) is 16.1. The van der Waals surface area contributed by atoms with Crippen LogP contribution in [0, 0.1) is 0 Å². The third-order valence-electron chi connectivity index (χ3n) is 4.36. The van der Waals surface area contributed by atoms with Crippen molar-refractivity contribution < 1.29 is 9.59 Å². The normalized spacial score (nSPS) is 10.2. The lowest BCUT2D eigenvalue weighted by Crippen LogP contribution is -2.29. The van der Waals surface area contributed by atoms with Crippen molar-refractivity contribution in [1.29, 1.82) is 0 Å². The Morgan fingerprint density at radius 1 is 0.655 bits per heavy atom. The highest BCUT2D eigenvalue weighted by atomic mass is 35.5. The van der Waals surface area contributed by atoms with E-state index in [-0.39, 0.29) is 11.8 Å². The first-order chi connectivity index (χ1) is 14.0. The number of carbonyl (C=O) groups excluding carboxylic acids is 2. The molecule has 3 aromatic carbocycles. The number of nitrogen functional groups attached to an aromatic ring is 2. The Hall–Kier alpha value is -3.45. The summed E-state index contributed by atoms with van der Waals surface area (Å²) < 4.78 is 0. The Labute approximate surface area is 173 Å². The van der Waals surface area contributed by atoms with Crippen LogP contribution < -0.4 is 22.5 Å². The van der Waals surface area contributed by atoms with E-state index in [1.165, 1.54) is 0 Å². The number of amides is 2. The van der Waals surface area contributed by atoms with E-state index in [1.807, 2.05) is 54.6 Å². The van der Waals surface area contributed by atoms with Crippen LogP contribution in [0.15, 0.2) is 72.8 Å². The van der Waals surface area contributed by atoms with E-state index in [9.17, 15) is 9.59 Å². The molecule has 0 aromatic heterocycles. The average molecular weight is 407 g/mol. The molecule has 29 heavy (non-hydrogen) atoms. The van der Waals surface area contributed by atoms with Gasteiger partial charge in [0.05, 0.1) is 0 Å². The summed E-state index contributed by atoms with van der Waals surface area (Å²) >= 11 is 5.99. The lowest BCUT2D eigenvalue weighted by atomic mass is 9.94. The van der Waals surface area contributed by atoms with Crippen LogP contribution >= 0.6 is 11.6 Å². The second-order valence-electron chi connectivity index (χ2n) is 6.21. The summed E-state index contributed by atoms with van der Waals surface area (Å²) in [7, 11) is 0. The number of hydrogen-bond donors (Lipinski definition) is 4. The first-order valence-corrected chi connectivity index (χ1v) is 9.09. The molecule has 0 bridgehead atoms. The van der Waals surface area contributed by atoms with Gasteiger partial charge in [-0.3, -0.25) is 20.4 Å². The number of halogens is 1. The highest BCUT2D eigenvalue weighted by Gasteiger charge is 2.10. The van der Waals surface area contributed by atoms with E-state index >= 15 is 0 Å². The molecule has 0 atom stereocenters. The highest BCUT2D eigenvalue weighted by molar-refractivity contribution is 6.30. The molecule has 0 unspecified atom stereocenters. The van der Waals surface area contributed by atoms with Gasteiger partial charge in [-0.25, -0.2) is 11.7 Å². The summed E-state index contributed by atoms with van der Waals surface area (Å²) in [6.07, 6.45) is 2.01. The minimum absolute atomic E-state index is 0.364. The number of rotatable bonds is 5. The monoisotopic (exact) mass is 406 g/mol. The third kappa shape index (κ3) is 4.89. The second kappa shape index (κ2) is 9.16. The van der Waals surface area contributed by atoms with Crippen molar-refractivity contribution in [3.63, 3.8) is 0 Å². The van der Waals surface area contributed by atoms with Gasteiger partial charge >= 0.3 is 0 Å². The zero-order valence-electron chi connectivity index (χ0n) is 15.4. The van der Waals surface area contributed by atoms with Crippen molar-refractivity contribution in [3.05, 3.63) is 106 Å². The highest BCUT2D eigenvalue weighted by Crippen LogP contribution is 2.27. The maximum atomic E-state index is 11.7. The maximum absolute atomic E-state index is 11.7. The topological polar surface area (TPSA) is 110 Å². The number of nitrogens with two attached hydrogens (primary N) is 2. The minimum atomic E-state index is -0.364. The van der Waals surface area contributed by atoms with Crippen molar-refractivity contribution in [3.8, 4) is 0 Å². The molecule has 0 spiro atoms. The summed E-state index contributed by atoms with van der Waals surface area (Å²) in [5.41, 5.74) is 8.79. The Kier molecular flexibility index (Phi) is 6.41. The molecule has 0 aliphatic heterocycles. The van der Waals surface area contributed by atoms with Gasteiger partial charge in [0.1, 0.15) is 0 Å². The van der Waals surface area contributed by atoms with Crippen molar-refractivity contribution in [2.45, 2.75) is 0 Å². The van der Waals surface area contributed by atoms with Gasteiger partial charge in [0.2, 0.25) is 0 Å². The molecule has 3 rings (SSSR count). The van der Waals surface area contributed by atoms with Crippen LogP contribution in [0.25, 0.3) is 11.6 Å². The minimum Gasteiger partial charge on any atom is -0.290 e. The number of benzene rings is 3. The van der Waals surface area contributed by atoms with E-state index in [0.717, 1.165) is 22.3 Å². The van der Waals surface area contributed by atoms with Gasteiger partial charge < -0.3 is 0 Å². The average Bonchev–Trinajstić information content (AvgIpc) is 2.78. The first kappa shape index (κ1) is 20.3. The predicted octanol–water partition coefficient (Wildman–Crippen LogP) is 3.14. The Morgan fingerprint density at radius 3 is 1.41 bits per heavy atom. The maximum Gasteiger partial charge on any atom is 0.265 e. The smallest absolute Gasteiger partial charge is 0.265 e.